The molecule has 186 valence electrons. The van der Waals surface area contributed by atoms with Gasteiger partial charge in [0.2, 0.25) is 0 Å². The second kappa shape index (κ2) is 9.61. The van der Waals surface area contributed by atoms with Crippen LogP contribution in [-0.2, 0) is 4.74 Å². The van der Waals surface area contributed by atoms with Crippen LogP contribution in [-0.4, -0.2) is 35.7 Å². The number of hydrogen-bond acceptors (Lipinski definition) is 2. The Kier molecular flexibility index (Phi) is 6.49. The number of hydrogen-bond donors (Lipinski definition) is 1. The van der Waals surface area contributed by atoms with Crippen LogP contribution in [0.25, 0.3) is 0 Å². The van der Waals surface area contributed by atoms with Crippen molar-refractivity contribution in [1.82, 2.24) is 10.2 Å². The molecule has 2 aromatic carbocycles. The summed E-state index contributed by atoms with van der Waals surface area (Å²) in [5, 5.41) is 4.92. The maximum atomic E-state index is 13.3. The Hall–Kier alpha value is -1.75. The van der Waals surface area contributed by atoms with Crippen LogP contribution in [0, 0.1) is 17.8 Å². The Balaban J connectivity index is 1.10. The summed E-state index contributed by atoms with van der Waals surface area (Å²) in [5.41, 5.74) is 2.05. The molecule has 1 unspecified atom stereocenters. The third-order valence-corrected chi connectivity index (χ3v) is 9.42. The third kappa shape index (κ3) is 4.95. The molecule has 1 heterocycles. The number of benzene rings is 2. The maximum Gasteiger partial charge on any atom is 0.317 e. The number of piperidine rings is 1. The van der Waals surface area contributed by atoms with Crippen molar-refractivity contribution in [1.29, 1.82) is 0 Å². The SMILES string of the molecule is O=C(NC12CC3CC(CC(C3)C1)C2)N1CCC(OC(c2ccc(Cl)cc2)c2ccccc2Cl)CC1. The molecule has 0 spiro atoms. The largest absolute Gasteiger partial charge is 0.365 e. The van der Waals surface area contributed by atoms with Gasteiger partial charge in [-0.15, -0.1) is 0 Å². The van der Waals surface area contributed by atoms with E-state index in [1.54, 1.807) is 0 Å². The topological polar surface area (TPSA) is 41.6 Å². The average Bonchev–Trinajstić information content (AvgIpc) is 2.83. The Bertz CT molecular complexity index is 1030. The van der Waals surface area contributed by atoms with Crippen LogP contribution in [0.4, 0.5) is 4.79 Å². The van der Waals surface area contributed by atoms with Gasteiger partial charge in [0, 0.05) is 34.2 Å². The minimum atomic E-state index is -0.265. The summed E-state index contributed by atoms with van der Waals surface area (Å²) >= 11 is 12.7. The molecule has 7 rings (SSSR count). The number of ether oxygens (including phenoxy) is 1. The molecule has 0 aromatic heterocycles. The number of nitrogens with one attached hydrogen (secondary N) is 1. The molecular weight excluding hydrogens is 479 g/mol. The quantitative estimate of drug-likeness (QED) is 0.458. The summed E-state index contributed by atoms with van der Waals surface area (Å²) in [6.45, 7) is 1.44. The van der Waals surface area contributed by atoms with E-state index in [2.05, 4.69) is 5.32 Å². The molecule has 4 saturated carbocycles. The highest BCUT2D eigenvalue weighted by Gasteiger charge is 2.52. The molecule has 5 fully saturated rings. The number of likely N-dealkylation sites (tertiary alicyclic amines) is 1. The molecule has 4 bridgehead atoms. The fourth-order valence-electron chi connectivity index (χ4n) is 7.61. The first-order chi connectivity index (χ1) is 17.0. The van der Waals surface area contributed by atoms with Crippen LogP contribution < -0.4 is 5.32 Å². The van der Waals surface area contributed by atoms with Crippen molar-refractivity contribution < 1.29 is 9.53 Å². The molecule has 2 aromatic rings. The number of halogens is 2. The molecule has 1 N–H and O–H groups in total. The van der Waals surface area contributed by atoms with Gasteiger partial charge in [-0.2, -0.15) is 0 Å². The Morgan fingerprint density at radius 3 is 2.11 bits per heavy atom. The Morgan fingerprint density at radius 2 is 1.51 bits per heavy atom. The highest BCUT2D eigenvalue weighted by Crippen LogP contribution is 2.55. The molecule has 4 aliphatic carbocycles. The summed E-state index contributed by atoms with van der Waals surface area (Å²) < 4.78 is 6.66. The van der Waals surface area contributed by atoms with Crippen LogP contribution in [0.5, 0.6) is 0 Å². The zero-order chi connectivity index (χ0) is 24.0. The van der Waals surface area contributed by atoms with Crippen LogP contribution in [0.15, 0.2) is 48.5 Å². The van der Waals surface area contributed by atoms with Crippen LogP contribution in [0.1, 0.15) is 68.6 Å². The normalized spacial score (nSPS) is 30.9. The van der Waals surface area contributed by atoms with Crippen molar-refractivity contribution >= 4 is 29.2 Å². The monoisotopic (exact) mass is 512 g/mol. The Labute approximate surface area is 218 Å². The zero-order valence-corrected chi connectivity index (χ0v) is 21.6. The number of nitrogens with zero attached hydrogens (tertiary/aromatic N) is 1. The first kappa shape index (κ1) is 23.6. The van der Waals surface area contributed by atoms with Gasteiger partial charge in [0.05, 0.1) is 6.10 Å². The summed E-state index contributed by atoms with van der Waals surface area (Å²) in [6.07, 6.45) is 9.16. The van der Waals surface area contributed by atoms with E-state index in [1.807, 2.05) is 53.4 Å². The van der Waals surface area contributed by atoms with E-state index in [1.165, 1.54) is 38.5 Å². The van der Waals surface area contributed by atoms with Gasteiger partial charge in [0.1, 0.15) is 6.10 Å². The van der Waals surface area contributed by atoms with Crippen molar-refractivity contribution in [3.63, 3.8) is 0 Å². The van der Waals surface area contributed by atoms with Crippen molar-refractivity contribution in [3.05, 3.63) is 69.7 Å². The summed E-state index contributed by atoms with van der Waals surface area (Å²) in [4.78, 5) is 15.3. The number of amides is 2. The molecule has 1 aliphatic heterocycles. The van der Waals surface area contributed by atoms with Gasteiger partial charge < -0.3 is 15.0 Å². The fourth-order valence-corrected chi connectivity index (χ4v) is 7.97. The molecular formula is C29H34Cl2N2O2. The molecule has 1 atom stereocenters. The van der Waals surface area contributed by atoms with Gasteiger partial charge >= 0.3 is 6.03 Å². The molecule has 6 heteroatoms. The number of urea groups is 1. The van der Waals surface area contributed by atoms with Gasteiger partial charge in [-0.25, -0.2) is 4.79 Å². The second-order valence-corrected chi connectivity index (χ2v) is 12.2. The van der Waals surface area contributed by atoms with Crippen molar-refractivity contribution in [3.8, 4) is 0 Å². The van der Waals surface area contributed by atoms with Crippen LogP contribution in [0.3, 0.4) is 0 Å². The molecule has 1 saturated heterocycles. The molecule has 35 heavy (non-hydrogen) atoms. The van der Waals surface area contributed by atoms with E-state index in [4.69, 9.17) is 27.9 Å². The van der Waals surface area contributed by atoms with E-state index < -0.39 is 0 Å². The van der Waals surface area contributed by atoms with Crippen molar-refractivity contribution in [2.24, 2.45) is 17.8 Å². The standard InChI is InChI=1S/C29H34Cl2N2O2/c30-23-7-5-22(6-8-23)27(25-3-1-2-4-26(25)31)35-24-9-11-33(12-10-24)28(34)32-29-16-19-13-20(17-29)15-21(14-19)18-29/h1-8,19-21,24,27H,9-18H2,(H,32,34). The van der Waals surface area contributed by atoms with Gasteiger partial charge in [-0.3, -0.25) is 0 Å². The van der Waals surface area contributed by atoms with Gasteiger partial charge in [0.25, 0.3) is 0 Å². The van der Waals surface area contributed by atoms with Crippen LogP contribution >= 0.6 is 23.2 Å². The van der Waals surface area contributed by atoms with Crippen molar-refractivity contribution in [2.45, 2.75) is 69.1 Å². The van der Waals surface area contributed by atoms with Gasteiger partial charge in [0.15, 0.2) is 0 Å². The van der Waals surface area contributed by atoms with E-state index in [-0.39, 0.29) is 23.8 Å². The molecule has 0 radical (unpaired) electrons. The first-order valence-corrected chi connectivity index (χ1v) is 13.9. The smallest absolute Gasteiger partial charge is 0.317 e. The number of rotatable bonds is 5. The lowest BCUT2D eigenvalue weighted by Gasteiger charge is -2.57. The maximum absolute atomic E-state index is 13.3. The lowest BCUT2D eigenvalue weighted by Crippen LogP contribution is -2.62. The highest BCUT2D eigenvalue weighted by atomic mass is 35.5. The summed E-state index contributed by atoms with van der Waals surface area (Å²) in [5.74, 6) is 2.49. The van der Waals surface area contributed by atoms with E-state index in [0.717, 1.165) is 54.8 Å². The molecule has 5 aliphatic rings. The number of carbonyl (C=O) groups is 1. The average molecular weight is 514 g/mol. The van der Waals surface area contributed by atoms with E-state index >= 15 is 0 Å². The zero-order valence-electron chi connectivity index (χ0n) is 20.1. The van der Waals surface area contributed by atoms with Gasteiger partial charge in [-0.05, 0) is 92.9 Å². The van der Waals surface area contributed by atoms with E-state index in [0.29, 0.717) is 10.0 Å². The minimum absolute atomic E-state index is 0.0585. The predicted molar refractivity (Wildman–Crippen MR) is 140 cm³/mol. The van der Waals surface area contributed by atoms with E-state index in [9.17, 15) is 4.79 Å². The fraction of sp³-hybridized carbons (Fsp3) is 0.552. The van der Waals surface area contributed by atoms with Gasteiger partial charge in [-0.1, -0.05) is 53.5 Å². The second-order valence-electron chi connectivity index (χ2n) is 11.4. The lowest BCUT2D eigenvalue weighted by atomic mass is 9.53. The number of carbonyl (C=O) groups excluding carboxylic acids is 1. The summed E-state index contributed by atoms with van der Waals surface area (Å²) in [6, 6.07) is 15.8. The summed E-state index contributed by atoms with van der Waals surface area (Å²) in [7, 11) is 0. The first-order valence-electron chi connectivity index (χ1n) is 13.2. The molecule has 2 amide bonds. The highest BCUT2D eigenvalue weighted by molar-refractivity contribution is 6.31. The third-order valence-electron chi connectivity index (χ3n) is 8.83. The van der Waals surface area contributed by atoms with Crippen LogP contribution in [0.2, 0.25) is 10.0 Å². The van der Waals surface area contributed by atoms with Crippen molar-refractivity contribution in [2.75, 3.05) is 13.1 Å². The lowest BCUT2D eigenvalue weighted by molar-refractivity contribution is -0.0282. The predicted octanol–water partition coefficient (Wildman–Crippen LogP) is 7.24. The Morgan fingerprint density at radius 1 is 0.914 bits per heavy atom. The minimum Gasteiger partial charge on any atom is -0.365 e. The molecule has 4 nitrogen and oxygen atoms in total.